The van der Waals surface area contributed by atoms with Gasteiger partial charge in [-0.15, -0.1) is 0 Å². The van der Waals surface area contributed by atoms with Crippen molar-refractivity contribution in [3.8, 4) is 5.69 Å². The van der Waals surface area contributed by atoms with Crippen molar-refractivity contribution in [2.75, 3.05) is 26.3 Å². The molecule has 0 saturated carbocycles. The lowest BCUT2D eigenvalue weighted by Crippen LogP contribution is -2.54. The van der Waals surface area contributed by atoms with Crippen LogP contribution in [0.2, 0.25) is 0 Å². The normalized spacial score (nSPS) is 24.4. The zero-order valence-corrected chi connectivity index (χ0v) is 15.7. The molecule has 0 spiro atoms. The van der Waals surface area contributed by atoms with Gasteiger partial charge in [0.1, 0.15) is 11.9 Å². The first-order chi connectivity index (χ1) is 13.1. The summed E-state index contributed by atoms with van der Waals surface area (Å²) in [6, 6.07) is 4.66. The van der Waals surface area contributed by atoms with Gasteiger partial charge in [0.25, 0.3) is 0 Å². The average molecular weight is 369 g/mol. The van der Waals surface area contributed by atoms with Crippen LogP contribution in [0.5, 0.6) is 0 Å². The molecule has 0 bridgehead atoms. The van der Waals surface area contributed by atoms with Gasteiger partial charge in [0, 0.05) is 24.9 Å². The molecule has 2 aromatic heterocycles. The first-order valence-electron chi connectivity index (χ1n) is 9.53. The Morgan fingerprint density at radius 2 is 2.04 bits per heavy atom. The lowest BCUT2D eigenvalue weighted by molar-refractivity contribution is -0.0807. The fraction of sp³-hybridized carbons (Fsp3) is 0.500. The fourth-order valence-corrected chi connectivity index (χ4v) is 4.37. The molecule has 2 aliphatic rings. The number of alkyl halides is 1. The molecule has 27 heavy (non-hydrogen) atoms. The molecule has 0 unspecified atom stereocenters. The van der Waals surface area contributed by atoms with E-state index in [0.717, 1.165) is 53.9 Å². The lowest BCUT2D eigenvalue weighted by atomic mass is 9.84. The number of ether oxygens (including phenoxy) is 1. The predicted octanol–water partition coefficient (Wildman–Crippen LogP) is 2.59. The minimum Gasteiger partial charge on any atom is -0.378 e. The monoisotopic (exact) mass is 369 g/mol. The molecule has 0 amide bonds. The Morgan fingerprint density at radius 1 is 1.19 bits per heavy atom. The highest BCUT2D eigenvalue weighted by atomic mass is 19.1. The molecule has 4 heterocycles. The number of likely N-dealkylation sites (tertiary alicyclic amines) is 1. The molecular weight excluding hydrogens is 345 g/mol. The maximum atomic E-state index is 15.1. The third-order valence-electron chi connectivity index (χ3n) is 6.00. The second kappa shape index (κ2) is 6.42. The highest BCUT2D eigenvalue weighted by molar-refractivity contribution is 5.82. The number of aryl methyl sites for hydroxylation is 2. The van der Waals surface area contributed by atoms with Crippen LogP contribution in [-0.2, 0) is 11.8 Å². The lowest BCUT2D eigenvalue weighted by Gasteiger charge is -2.43. The van der Waals surface area contributed by atoms with Crippen LogP contribution in [0.25, 0.3) is 16.6 Å². The summed E-state index contributed by atoms with van der Waals surface area (Å²) >= 11 is 0. The minimum atomic E-state index is -0.856. The summed E-state index contributed by atoms with van der Waals surface area (Å²) in [5, 5.41) is 9.84. The number of hydrogen-bond acceptors (Lipinski definition) is 4. The highest BCUT2D eigenvalue weighted by Gasteiger charge is 2.36. The van der Waals surface area contributed by atoms with Gasteiger partial charge in [-0.25, -0.2) is 9.07 Å². The molecule has 5 rings (SSSR count). The van der Waals surface area contributed by atoms with Crippen LogP contribution in [-0.4, -0.2) is 63.0 Å². The Morgan fingerprint density at radius 3 is 2.70 bits per heavy atom. The number of hydrogen-bond donors (Lipinski definition) is 0. The number of benzene rings is 1. The molecule has 2 atom stereocenters. The number of rotatable bonds is 3. The average Bonchev–Trinajstić information content (AvgIpc) is 3.18. The van der Waals surface area contributed by atoms with Crippen LogP contribution in [0.3, 0.4) is 0 Å². The number of fused-ring (bicyclic) bond motifs is 1. The van der Waals surface area contributed by atoms with E-state index in [2.05, 4.69) is 34.2 Å². The molecule has 1 aromatic carbocycles. The molecule has 2 fully saturated rings. The van der Waals surface area contributed by atoms with Crippen LogP contribution >= 0.6 is 0 Å². The van der Waals surface area contributed by atoms with Crippen LogP contribution in [0.1, 0.15) is 23.5 Å². The van der Waals surface area contributed by atoms with Crippen LogP contribution in [0.15, 0.2) is 30.7 Å². The Labute approximate surface area is 157 Å². The smallest absolute Gasteiger partial charge is 0.120 e. The van der Waals surface area contributed by atoms with E-state index in [1.807, 2.05) is 24.1 Å². The van der Waals surface area contributed by atoms with E-state index in [-0.39, 0.29) is 5.92 Å². The van der Waals surface area contributed by atoms with Crippen molar-refractivity contribution in [2.24, 2.45) is 7.05 Å². The maximum Gasteiger partial charge on any atom is 0.120 e. The Balaban J connectivity index is 1.48. The van der Waals surface area contributed by atoms with Crippen molar-refractivity contribution < 1.29 is 9.13 Å². The molecule has 0 N–H and O–H groups in total. The number of halogens is 1. The maximum absolute atomic E-state index is 15.1. The van der Waals surface area contributed by atoms with Crippen molar-refractivity contribution in [1.29, 1.82) is 0 Å². The summed E-state index contributed by atoms with van der Waals surface area (Å²) in [6.07, 6.45) is 5.58. The summed E-state index contributed by atoms with van der Waals surface area (Å²) in [6.45, 7) is 4.99. The summed E-state index contributed by atoms with van der Waals surface area (Å²) in [5.74, 6) is -0.0658. The van der Waals surface area contributed by atoms with E-state index >= 15 is 4.39 Å². The van der Waals surface area contributed by atoms with Gasteiger partial charge in [-0.05, 0) is 43.1 Å². The zero-order chi connectivity index (χ0) is 18.5. The molecule has 2 saturated heterocycles. The number of nitrogens with zero attached hydrogens (tertiary/aromatic N) is 5. The van der Waals surface area contributed by atoms with Crippen molar-refractivity contribution in [1.82, 2.24) is 24.5 Å². The SMILES string of the molecule is Cc1cc2cnn(-c3cnn(C)c3)c2cc1[C@H]1CCN(C2COC2)C[C@H]1F. The minimum absolute atomic E-state index is 0.0658. The second-order valence-electron chi connectivity index (χ2n) is 7.79. The first-order valence-corrected chi connectivity index (χ1v) is 9.53. The summed E-state index contributed by atoms with van der Waals surface area (Å²) in [7, 11) is 1.89. The Bertz CT molecular complexity index is 976. The second-order valence-corrected chi connectivity index (χ2v) is 7.79. The van der Waals surface area contributed by atoms with Gasteiger partial charge in [-0.1, -0.05) is 0 Å². The topological polar surface area (TPSA) is 48.1 Å². The molecule has 7 heteroatoms. The van der Waals surface area contributed by atoms with Crippen LogP contribution in [0.4, 0.5) is 4.39 Å². The standard InChI is InChI=1S/C20H24FN5O/c1-13-5-14-7-23-26(15-8-22-24(2)9-15)20(14)6-18(13)17-3-4-25(10-19(17)21)16-11-27-12-16/h5-9,16-17,19H,3-4,10-12H2,1-2H3/t17-,19-/m1/s1. The van der Waals surface area contributed by atoms with Gasteiger partial charge in [0.05, 0.1) is 43.4 Å². The molecule has 3 aromatic rings. The van der Waals surface area contributed by atoms with E-state index in [1.165, 1.54) is 0 Å². The molecule has 0 aliphatic carbocycles. The van der Waals surface area contributed by atoms with E-state index in [1.54, 1.807) is 10.9 Å². The molecule has 6 nitrogen and oxygen atoms in total. The number of aromatic nitrogens is 4. The van der Waals surface area contributed by atoms with Gasteiger partial charge in [-0.3, -0.25) is 9.58 Å². The molecule has 0 radical (unpaired) electrons. The van der Waals surface area contributed by atoms with Crippen molar-refractivity contribution in [3.63, 3.8) is 0 Å². The summed E-state index contributed by atoms with van der Waals surface area (Å²) in [5.41, 5.74) is 4.16. The number of piperidine rings is 1. The highest BCUT2D eigenvalue weighted by Crippen LogP contribution is 2.36. The van der Waals surface area contributed by atoms with Gasteiger partial charge >= 0.3 is 0 Å². The van der Waals surface area contributed by atoms with E-state index in [0.29, 0.717) is 12.6 Å². The van der Waals surface area contributed by atoms with Gasteiger partial charge in [-0.2, -0.15) is 10.2 Å². The van der Waals surface area contributed by atoms with Crippen molar-refractivity contribution >= 4 is 10.9 Å². The van der Waals surface area contributed by atoms with Crippen molar-refractivity contribution in [3.05, 3.63) is 41.9 Å². The quantitative estimate of drug-likeness (QED) is 0.712. The predicted molar refractivity (Wildman–Crippen MR) is 101 cm³/mol. The largest absolute Gasteiger partial charge is 0.378 e. The fourth-order valence-electron chi connectivity index (χ4n) is 4.37. The Hall–Kier alpha value is -2.25. The Kier molecular flexibility index (Phi) is 4.02. The molecule has 2 aliphatic heterocycles. The summed E-state index contributed by atoms with van der Waals surface area (Å²) in [4.78, 5) is 2.25. The third-order valence-corrected chi connectivity index (χ3v) is 6.00. The third kappa shape index (κ3) is 2.85. The molecule has 142 valence electrons. The van der Waals surface area contributed by atoms with E-state index in [4.69, 9.17) is 4.74 Å². The summed E-state index contributed by atoms with van der Waals surface area (Å²) < 4.78 is 24.0. The van der Waals surface area contributed by atoms with Gasteiger partial charge in [0.2, 0.25) is 0 Å². The van der Waals surface area contributed by atoms with Crippen LogP contribution < -0.4 is 0 Å². The van der Waals surface area contributed by atoms with Gasteiger partial charge in [0.15, 0.2) is 0 Å². The van der Waals surface area contributed by atoms with Crippen LogP contribution in [0, 0.1) is 6.92 Å². The van der Waals surface area contributed by atoms with E-state index in [9.17, 15) is 0 Å². The van der Waals surface area contributed by atoms with Gasteiger partial charge < -0.3 is 4.74 Å². The van der Waals surface area contributed by atoms with E-state index < -0.39 is 6.17 Å². The molecular formula is C20H24FN5O. The zero-order valence-electron chi connectivity index (χ0n) is 15.7. The van der Waals surface area contributed by atoms with Crippen molar-refractivity contribution in [2.45, 2.75) is 31.5 Å². The first kappa shape index (κ1) is 16.9.